The predicted molar refractivity (Wildman–Crippen MR) is 71.6 cm³/mol. The van der Waals surface area contributed by atoms with Gasteiger partial charge in [-0.15, -0.1) is 0 Å². The number of hydrogen-bond donors (Lipinski definition) is 3. The lowest BCUT2D eigenvalue weighted by atomic mass is 10.1. The van der Waals surface area contributed by atoms with Gasteiger partial charge in [0.15, 0.2) is 10.0 Å². The molecule has 1 saturated heterocycles. The van der Waals surface area contributed by atoms with Crippen molar-refractivity contribution in [2.75, 3.05) is 31.6 Å². The normalized spacial score (nSPS) is 19.5. The molecule has 1 aromatic rings. The van der Waals surface area contributed by atoms with Crippen molar-refractivity contribution < 1.29 is 4.79 Å². The molecule has 2 heterocycles. The Balaban J connectivity index is 1.91. The van der Waals surface area contributed by atoms with Gasteiger partial charge in [-0.25, -0.2) is 4.98 Å². The Morgan fingerprint density at radius 1 is 1.76 bits per heavy atom. The first-order chi connectivity index (χ1) is 8.20. The summed E-state index contributed by atoms with van der Waals surface area (Å²) in [4.78, 5) is 16.1. The van der Waals surface area contributed by atoms with Crippen LogP contribution in [-0.4, -0.2) is 36.8 Å². The average Bonchev–Trinajstić information content (AvgIpc) is 2.94. The van der Waals surface area contributed by atoms with Crippen LogP contribution in [0, 0.1) is 5.92 Å². The molecule has 1 aromatic heterocycles. The van der Waals surface area contributed by atoms with E-state index in [0.29, 0.717) is 23.2 Å². The number of carbonyl (C=O) groups excluding carboxylic acids is 1. The van der Waals surface area contributed by atoms with E-state index in [1.165, 1.54) is 23.1 Å². The van der Waals surface area contributed by atoms with Gasteiger partial charge in [0.1, 0.15) is 5.00 Å². The van der Waals surface area contributed by atoms with Crippen LogP contribution in [0.5, 0.6) is 0 Å². The lowest BCUT2D eigenvalue weighted by Gasteiger charge is -2.08. The van der Waals surface area contributed by atoms with E-state index in [1.54, 1.807) is 0 Å². The highest BCUT2D eigenvalue weighted by Gasteiger charge is 2.19. The molecule has 1 aliphatic heterocycles. The molecule has 4 N–H and O–H groups in total. The molecule has 0 spiro atoms. The fourth-order valence-corrected chi connectivity index (χ4v) is 3.12. The Morgan fingerprint density at radius 3 is 3.18 bits per heavy atom. The van der Waals surface area contributed by atoms with E-state index in [4.69, 9.17) is 5.73 Å². The first kappa shape index (κ1) is 12.7. The minimum Gasteiger partial charge on any atom is -0.389 e. The van der Waals surface area contributed by atoms with E-state index >= 15 is 0 Å². The monoisotopic (exact) mass is 272 g/mol. The van der Waals surface area contributed by atoms with Gasteiger partial charge in [0.25, 0.3) is 5.91 Å². The summed E-state index contributed by atoms with van der Waals surface area (Å²) in [5, 5.41) is 6.66. The molecule has 17 heavy (non-hydrogen) atoms. The Kier molecular flexibility index (Phi) is 4.25. The maximum Gasteiger partial charge on any atom is 0.273 e. The summed E-state index contributed by atoms with van der Waals surface area (Å²) in [6.07, 6.45) is 3.03. The molecular formula is C10H16N4OS2. The van der Waals surface area contributed by atoms with Gasteiger partial charge in [-0.05, 0) is 31.7 Å². The Bertz CT molecular complexity index is 401. The number of nitrogens with zero attached hydrogens (tertiary/aromatic N) is 1. The van der Waals surface area contributed by atoms with Crippen LogP contribution in [0.2, 0.25) is 0 Å². The summed E-state index contributed by atoms with van der Waals surface area (Å²) < 4.78 is 0.829. The minimum atomic E-state index is -0.161. The second-order valence-corrected chi connectivity index (χ2v) is 6.05. The number of amides is 1. The lowest BCUT2D eigenvalue weighted by molar-refractivity contribution is 0.0944. The van der Waals surface area contributed by atoms with Crippen molar-refractivity contribution in [3.63, 3.8) is 0 Å². The average molecular weight is 272 g/mol. The molecule has 1 unspecified atom stereocenters. The first-order valence-corrected chi connectivity index (χ1v) is 7.54. The van der Waals surface area contributed by atoms with Gasteiger partial charge in [0, 0.05) is 6.54 Å². The number of rotatable bonds is 4. The maximum atomic E-state index is 11.9. The SMILES string of the molecule is CSc1nc(C(=O)NCC2CCNC2)c(N)s1. The topological polar surface area (TPSA) is 80.0 Å². The molecule has 1 atom stereocenters. The Labute approximate surface area is 109 Å². The van der Waals surface area contributed by atoms with Crippen LogP contribution in [0.3, 0.4) is 0 Å². The van der Waals surface area contributed by atoms with Gasteiger partial charge in [0.2, 0.25) is 0 Å². The number of thiazole rings is 1. The van der Waals surface area contributed by atoms with Gasteiger partial charge < -0.3 is 16.4 Å². The van der Waals surface area contributed by atoms with Crippen LogP contribution in [0.4, 0.5) is 5.00 Å². The third-order valence-corrected chi connectivity index (χ3v) is 4.61. The summed E-state index contributed by atoms with van der Waals surface area (Å²) >= 11 is 2.86. The third kappa shape index (κ3) is 3.11. The zero-order chi connectivity index (χ0) is 12.3. The molecule has 0 saturated carbocycles. The minimum absolute atomic E-state index is 0.161. The van der Waals surface area contributed by atoms with Crippen molar-refractivity contribution in [1.29, 1.82) is 0 Å². The molecule has 94 valence electrons. The Morgan fingerprint density at radius 2 is 2.59 bits per heavy atom. The van der Waals surface area contributed by atoms with E-state index in [-0.39, 0.29) is 5.91 Å². The van der Waals surface area contributed by atoms with Crippen LogP contribution in [0.1, 0.15) is 16.9 Å². The van der Waals surface area contributed by atoms with E-state index in [0.717, 1.165) is 23.8 Å². The molecule has 1 aliphatic rings. The van der Waals surface area contributed by atoms with Gasteiger partial charge in [-0.2, -0.15) is 0 Å². The largest absolute Gasteiger partial charge is 0.389 e. The van der Waals surface area contributed by atoms with E-state index < -0.39 is 0 Å². The highest BCUT2D eigenvalue weighted by Crippen LogP contribution is 2.27. The molecular weight excluding hydrogens is 256 g/mol. The number of nitrogens with two attached hydrogens (primary N) is 1. The molecule has 1 fully saturated rings. The summed E-state index contributed by atoms with van der Waals surface area (Å²) in [5.74, 6) is 0.366. The molecule has 0 bridgehead atoms. The molecule has 1 amide bonds. The first-order valence-electron chi connectivity index (χ1n) is 5.50. The predicted octanol–water partition coefficient (Wildman–Crippen LogP) is 0.786. The van der Waals surface area contributed by atoms with Gasteiger partial charge in [-0.1, -0.05) is 23.1 Å². The van der Waals surface area contributed by atoms with Crippen molar-refractivity contribution in [2.45, 2.75) is 10.8 Å². The smallest absolute Gasteiger partial charge is 0.273 e. The van der Waals surface area contributed by atoms with Crippen LogP contribution >= 0.6 is 23.1 Å². The maximum absolute atomic E-state index is 11.9. The van der Waals surface area contributed by atoms with Crippen molar-refractivity contribution >= 4 is 34.0 Å². The summed E-state index contributed by atoms with van der Waals surface area (Å²) in [6, 6.07) is 0. The van der Waals surface area contributed by atoms with E-state index in [1.807, 2.05) is 6.26 Å². The highest BCUT2D eigenvalue weighted by atomic mass is 32.2. The van der Waals surface area contributed by atoms with Crippen LogP contribution in [0.15, 0.2) is 4.34 Å². The van der Waals surface area contributed by atoms with Crippen molar-refractivity contribution in [1.82, 2.24) is 15.6 Å². The van der Waals surface area contributed by atoms with Crippen LogP contribution < -0.4 is 16.4 Å². The summed E-state index contributed by atoms with van der Waals surface area (Å²) in [6.45, 7) is 2.70. The number of nitrogen functional groups attached to an aromatic ring is 1. The van der Waals surface area contributed by atoms with Crippen molar-refractivity contribution in [2.24, 2.45) is 5.92 Å². The van der Waals surface area contributed by atoms with Crippen molar-refractivity contribution in [3.8, 4) is 0 Å². The standard InChI is InChI=1S/C10H16N4OS2/c1-16-10-14-7(8(11)17-10)9(15)13-5-6-2-3-12-4-6/h6,12H,2-5,11H2,1H3,(H,13,15). The molecule has 0 aliphatic carbocycles. The molecule has 5 nitrogen and oxygen atoms in total. The van der Waals surface area contributed by atoms with Gasteiger partial charge in [0.05, 0.1) is 0 Å². The van der Waals surface area contributed by atoms with Gasteiger partial charge in [-0.3, -0.25) is 4.79 Å². The van der Waals surface area contributed by atoms with Crippen LogP contribution in [0.25, 0.3) is 0 Å². The molecule has 0 aromatic carbocycles. The number of carbonyl (C=O) groups is 1. The third-order valence-electron chi connectivity index (χ3n) is 2.74. The zero-order valence-corrected chi connectivity index (χ0v) is 11.3. The van der Waals surface area contributed by atoms with Crippen LogP contribution in [-0.2, 0) is 0 Å². The number of aromatic nitrogens is 1. The molecule has 2 rings (SSSR count). The Hall–Kier alpha value is -0.790. The van der Waals surface area contributed by atoms with E-state index in [9.17, 15) is 4.79 Å². The second kappa shape index (κ2) is 5.70. The molecule has 0 radical (unpaired) electrons. The molecule has 7 heteroatoms. The summed E-state index contributed by atoms with van der Waals surface area (Å²) in [5.41, 5.74) is 6.14. The fourth-order valence-electron chi connectivity index (χ4n) is 1.77. The number of nitrogens with one attached hydrogen (secondary N) is 2. The number of hydrogen-bond acceptors (Lipinski definition) is 6. The zero-order valence-electron chi connectivity index (χ0n) is 9.66. The van der Waals surface area contributed by atoms with Gasteiger partial charge >= 0.3 is 0 Å². The lowest BCUT2D eigenvalue weighted by Crippen LogP contribution is -2.30. The fraction of sp³-hybridized carbons (Fsp3) is 0.600. The number of thioether (sulfide) groups is 1. The summed E-state index contributed by atoms with van der Waals surface area (Å²) in [7, 11) is 0. The quantitative estimate of drug-likeness (QED) is 0.706. The highest BCUT2D eigenvalue weighted by molar-refractivity contribution is 8.00. The van der Waals surface area contributed by atoms with Crippen molar-refractivity contribution in [3.05, 3.63) is 5.69 Å². The number of anilines is 1. The second-order valence-electron chi connectivity index (χ2n) is 3.97. The van der Waals surface area contributed by atoms with E-state index in [2.05, 4.69) is 15.6 Å².